The van der Waals surface area contributed by atoms with Gasteiger partial charge in [0, 0.05) is 36.5 Å². The highest BCUT2D eigenvalue weighted by Crippen LogP contribution is 2.24. The Morgan fingerprint density at radius 3 is 2.72 bits per heavy atom. The molecule has 0 unspecified atom stereocenters. The molecular weight excluding hydrogens is 372 g/mol. The number of nitro benzene ring substituents is 1. The highest BCUT2D eigenvalue weighted by molar-refractivity contribution is 5.65. The predicted molar refractivity (Wildman–Crippen MR) is 110 cm³/mol. The first-order chi connectivity index (χ1) is 14.1. The second-order valence-electron chi connectivity index (χ2n) is 6.26. The molecule has 0 spiro atoms. The Hall–Kier alpha value is -4.14. The van der Waals surface area contributed by atoms with E-state index in [1.54, 1.807) is 36.0 Å². The second-order valence-corrected chi connectivity index (χ2v) is 6.26. The maximum absolute atomic E-state index is 11.0. The van der Waals surface area contributed by atoms with E-state index in [1.165, 1.54) is 12.1 Å². The number of methoxy groups -OCH3 is 1. The van der Waals surface area contributed by atoms with Crippen molar-refractivity contribution in [2.75, 3.05) is 17.7 Å². The van der Waals surface area contributed by atoms with Gasteiger partial charge in [0.25, 0.3) is 5.69 Å². The molecular formula is C20H18N6O3. The van der Waals surface area contributed by atoms with Crippen molar-refractivity contribution in [3.8, 4) is 5.75 Å². The summed E-state index contributed by atoms with van der Waals surface area (Å²) in [5, 5.41) is 21.8. The molecule has 0 amide bonds. The van der Waals surface area contributed by atoms with E-state index in [0.717, 1.165) is 11.3 Å². The maximum atomic E-state index is 11.0. The van der Waals surface area contributed by atoms with Gasteiger partial charge in [0.05, 0.1) is 18.2 Å². The van der Waals surface area contributed by atoms with Crippen molar-refractivity contribution in [1.82, 2.24) is 14.6 Å². The minimum absolute atomic E-state index is 0.0126. The van der Waals surface area contributed by atoms with Gasteiger partial charge in [-0.2, -0.15) is 9.61 Å². The SMILES string of the molecule is COc1ccc(CNc2cc(Nc3cccc([N+](=O)[O-])c3)n3nccc3n2)cc1. The average molecular weight is 390 g/mol. The fourth-order valence-corrected chi connectivity index (χ4v) is 2.87. The highest BCUT2D eigenvalue weighted by atomic mass is 16.6. The standard InChI is InChI=1S/C20H18N6O3/c1-29-17-7-5-14(6-8-17)13-21-18-12-20(25-19(24-18)9-10-22-25)23-15-3-2-4-16(11-15)26(27)28/h2-12,23H,13H2,1H3,(H,21,24). The molecule has 0 aliphatic heterocycles. The van der Waals surface area contributed by atoms with Crippen LogP contribution in [0.4, 0.5) is 23.0 Å². The van der Waals surface area contributed by atoms with Crippen LogP contribution in [-0.4, -0.2) is 26.6 Å². The van der Waals surface area contributed by atoms with Crippen molar-refractivity contribution < 1.29 is 9.66 Å². The summed E-state index contributed by atoms with van der Waals surface area (Å²) in [6.07, 6.45) is 1.65. The number of benzene rings is 2. The number of nitrogens with zero attached hydrogens (tertiary/aromatic N) is 4. The number of nitro groups is 1. The molecule has 2 aromatic carbocycles. The normalized spacial score (nSPS) is 10.7. The van der Waals surface area contributed by atoms with Crippen molar-refractivity contribution in [2.45, 2.75) is 6.54 Å². The summed E-state index contributed by atoms with van der Waals surface area (Å²) in [7, 11) is 1.63. The molecule has 0 aliphatic carbocycles. The van der Waals surface area contributed by atoms with E-state index in [2.05, 4.69) is 20.7 Å². The van der Waals surface area contributed by atoms with Crippen LogP contribution < -0.4 is 15.4 Å². The van der Waals surface area contributed by atoms with E-state index >= 15 is 0 Å². The molecule has 2 N–H and O–H groups in total. The second kappa shape index (κ2) is 7.85. The molecule has 2 heterocycles. The predicted octanol–water partition coefficient (Wildman–Crippen LogP) is 4.00. The Balaban J connectivity index is 1.58. The molecule has 9 heteroatoms. The van der Waals surface area contributed by atoms with Crippen LogP contribution in [-0.2, 0) is 6.54 Å². The zero-order valence-electron chi connectivity index (χ0n) is 15.6. The van der Waals surface area contributed by atoms with E-state index in [0.29, 0.717) is 29.5 Å². The molecule has 0 saturated heterocycles. The van der Waals surface area contributed by atoms with Crippen LogP contribution in [0.25, 0.3) is 5.65 Å². The zero-order chi connectivity index (χ0) is 20.2. The van der Waals surface area contributed by atoms with Gasteiger partial charge in [0.15, 0.2) is 5.65 Å². The lowest BCUT2D eigenvalue weighted by molar-refractivity contribution is -0.384. The van der Waals surface area contributed by atoms with Crippen LogP contribution >= 0.6 is 0 Å². The van der Waals surface area contributed by atoms with Crippen molar-refractivity contribution in [2.24, 2.45) is 0 Å². The summed E-state index contributed by atoms with van der Waals surface area (Å²) in [6.45, 7) is 0.581. The minimum Gasteiger partial charge on any atom is -0.497 e. The summed E-state index contributed by atoms with van der Waals surface area (Å²) >= 11 is 0. The van der Waals surface area contributed by atoms with Crippen LogP contribution in [0, 0.1) is 10.1 Å². The Kier molecular flexibility index (Phi) is 4.93. The summed E-state index contributed by atoms with van der Waals surface area (Å²) in [5.74, 6) is 2.09. The number of ether oxygens (including phenoxy) is 1. The molecule has 146 valence electrons. The van der Waals surface area contributed by atoms with E-state index in [-0.39, 0.29) is 5.69 Å². The van der Waals surface area contributed by atoms with Crippen molar-refractivity contribution in [1.29, 1.82) is 0 Å². The third kappa shape index (κ3) is 4.08. The van der Waals surface area contributed by atoms with E-state index in [9.17, 15) is 10.1 Å². The lowest BCUT2D eigenvalue weighted by atomic mass is 10.2. The van der Waals surface area contributed by atoms with Gasteiger partial charge < -0.3 is 15.4 Å². The quantitative estimate of drug-likeness (QED) is 0.363. The van der Waals surface area contributed by atoms with Crippen LogP contribution in [0.2, 0.25) is 0 Å². The highest BCUT2D eigenvalue weighted by Gasteiger charge is 2.10. The fraction of sp³-hybridized carbons (Fsp3) is 0.100. The largest absolute Gasteiger partial charge is 0.497 e. The molecule has 4 rings (SSSR count). The molecule has 0 bridgehead atoms. The molecule has 2 aromatic heterocycles. The van der Waals surface area contributed by atoms with Gasteiger partial charge in [-0.25, -0.2) is 4.98 Å². The summed E-state index contributed by atoms with van der Waals surface area (Å²) in [6, 6.07) is 17.7. The van der Waals surface area contributed by atoms with Crippen LogP contribution in [0.5, 0.6) is 5.75 Å². The van der Waals surface area contributed by atoms with Gasteiger partial charge in [0.1, 0.15) is 17.4 Å². The Labute approximate surface area is 166 Å². The summed E-state index contributed by atoms with van der Waals surface area (Å²) in [5.41, 5.74) is 2.33. The number of non-ortho nitro benzene ring substituents is 1. The van der Waals surface area contributed by atoms with Gasteiger partial charge in [-0.3, -0.25) is 10.1 Å². The van der Waals surface area contributed by atoms with Gasteiger partial charge in [-0.1, -0.05) is 18.2 Å². The third-order valence-corrected chi connectivity index (χ3v) is 4.32. The number of hydrogen-bond donors (Lipinski definition) is 2. The molecule has 4 aromatic rings. The van der Waals surface area contributed by atoms with Crippen molar-refractivity contribution in [3.63, 3.8) is 0 Å². The molecule has 0 fully saturated rings. The Bertz CT molecular complexity index is 1160. The number of nitrogens with one attached hydrogen (secondary N) is 2. The average Bonchev–Trinajstić information content (AvgIpc) is 3.22. The number of rotatable bonds is 7. The number of fused-ring (bicyclic) bond motifs is 1. The Morgan fingerprint density at radius 1 is 1.14 bits per heavy atom. The third-order valence-electron chi connectivity index (χ3n) is 4.32. The smallest absolute Gasteiger partial charge is 0.271 e. The first-order valence-corrected chi connectivity index (χ1v) is 8.85. The first-order valence-electron chi connectivity index (χ1n) is 8.85. The van der Waals surface area contributed by atoms with Crippen LogP contribution in [0.15, 0.2) is 66.9 Å². The lowest BCUT2D eigenvalue weighted by Crippen LogP contribution is -2.06. The minimum atomic E-state index is -0.428. The molecule has 0 saturated carbocycles. The van der Waals surface area contributed by atoms with Crippen LogP contribution in [0.1, 0.15) is 5.56 Å². The first kappa shape index (κ1) is 18.2. The summed E-state index contributed by atoms with van der Waals surface area (Å²) < 4.78 is 6.81. The van der Waals surface area contributed by atoms with Gasteiger partial charge in [-0.15, -0.1) is 0 Å². The number of anilines is 3. The van der Waals surface area contributed by atoms with Crippen LogP contribution in [0.3, 0.4) is 0 Å². The molecule has 0 radical (unpaired) electrons. The maximum Gasteiger partial charge on any atom is 0.271 e. The monoisotopic (exact) mass is 390 g/mol. The molecule has 0 aliphatic rings. The number of aromatic nitrogens is 3. The number of hydrogen-bond acceptors (Lipinski definition) is 7. The van der Waals surface area contributed by atoms with Gasteiger partial charge >= 0.3 is 0 Å². The Morgan fingerprint density at radius 2 is 1.97 bits per heavy atom. The van der Waals surface area contributed by atoms with E-state index < -0.39 is 4.92 Å². The van der Waals surface area contributed by atoms with Gasteiger partial charge in [-0.05, 0) is 23.8 Å². The van der Waals surface area contributed by atoms with Crippen molar-refractivity contribution >= 4 is 28.7 Å². The lowest BCUT2D eigenvalue weighted by Gasteiger charge is -2.12. The van der Waals surface area contributed by atoms with Crippen molar-refractivity contribution in [3.05, 3.63) is 82.5 Å². The summed E-state index contributed by atoms with van der Waals surface area (Å²) in [4.78, 5) is 15.1. The fourth-order valence-electron chi connectivity index (χ4n) is 2.87. The molecule has 9 nitrogen and oxygen atoms in total. The van der Waals surface area contributed by atoms with Gasteiger partial charge in [0.2, 0.25) is 0 Å². The topological polar surface area (TPSA) is 107 Å². The van der Waals surface area contributed by atoms with E-state index in [4.69, 9.17) is 4.74 Å². The van der Waals surface area contributed by atoms with E-state index in [1.807, 2.05) is 30.3 Å². The zero-order valence-corrected chi connectivity index (χ0v) is 15.6. The molecule has 0 atom stereocenters. The molecule has 29 heavy (non-hydrogen) atoms.